The van der Waals surface area contributed by atoms with Crippen molar-refractivity contribution in [3.63, 3.8) is 0 Å². The minimum Gasteiger partial charge on any atom is -0.506 e. The third-order valence-corrected chi connectivity index (χ3v) is 1.96. The minimum atomic E-state index is 0.165. The lowest BCUT2D eigenvalue weighted by atomic mass is 10.1. The Hall–Kier alpha value is -1.38. The van der Waals surface area contributed by atoms with E-state index in [-0.39, 0.29) is 5.75 Å². The monoisotopic (exact) mass is 150 g/mol. The van der Waals surface area contributed by atoms with E-state index in [1.165, 1.54) is 5.56 Å². The maximum atomic E-state index is 9.22. The highest BCUT2D eigenvalue weighted by molar-refractivity contribution is 5.67. The molecule has 3 heteroatoms. The van der Waals surface area contributed by atoms with Gasteiger partial charge in [0.05, 0.1) is 5.69 Å². The van der Waals surface area contributed by atoms with Crippen molar-refractivity contribution < 1.29 is 5.11 Å². The zero-order valence-corrected chi connectivity index (χ0v) is 6.09. The van der Waals surface area contributed by atoms with Gasteiger partial charge in [-0.15, -0.1) is 0 Å². The van der Waals surface area contributed by atoms with Crippen molar-refractivity contribution in [2.45, 2.75) is 6.42 Å². The van der Waals surface area contributed by atoms with Crippen molar-refractivity contribution in [2.24, 2.45) is 0 Å². The van der Waals surface area contributed by atoms with Crippen LogP contribution in [0, 0.1) is 0 Å². The number of aromatic hydroxyl groups is 1. The molecule has 3 nitrogen and oxygen atoms in total. The fourth-order valence-electron chi connectivity index (χ4n) is 1.36. The molecule has 0 fully saturated rings. The minimum absolute atomic E-state index is 0.165. The van der Waals surface area contributed by atoms with E-state index in [9.17, 15) is 5.11 Å². The van der Waals surface area contributed by atoms with Gasteiger partial charge in [0, 0.05) is 18.3 Å². The highest BCUT2D eigenvalue weighted by Crippen LogP contribution is 2.31. The lowest BCUT2D eigenvalue weighted by molar-refractivity contribution is 0.478. The summed E-state index contributed by atoms with van der Waals surface area (Å²) in [6.07, 6.45) is 1.000. The summed E-state index contributed by atoms with van der Waals surface area (Å²) in [5, 5.41) is 12.4. The summed E-state index contributed by atoms with van der Waals surface area (Å²) in [7, 11) is 0. The van der Waals surface area contributed by atoms with Gasteiger partial charge in [0.1, 0.15) is 5.75 Å². The van der Waals surface area contributed by atoms with Gasteiger partial charge in [-0.05, 0) is 18.1 Å². The topological polar surface area (TPSA) is 58.3 Å². The highest BCUT2D eigenvalue weighted by atomic mass is 16.3. The van der Waals surface area contributed by atoms with Crippen molar-refractivity contribution >= 4 is 11.4 Å². The van der Waals surface area contributed by atoms with Crippen LogP contribution in [0.5, 0.6) is 5.75 Å². The molecule has 0 atom stereocenters. The van der Waals surface area contributed by atoms with Crippen LogP contribution >= 0.6 is 0 Å². The van der Waals surface area contributed by atoms with Crippen LogP contribution in [-0.4, -0.2) is 11.7 Å². The first kappa shape index (κ1) is 6.34. The summed E-state index contributed by atoms with van der Waals surface area (Å²) in [6, 6.07) is 3.50. The fourth-order valence-corrected chi connectivity index (χ4v) is 1.36. The summed E-state index contributed by atoms with van der Waals surface area (Å²) in [4.78, 5) is 0. The zero-order chi connectivity index (χ0) is 7.84. The van der Waals surface area contributed by atoms with Gasteiger partial charge < -0.3 is 16.2 Å². The van der Waals surface area contributed by atoms with Gasteiger partial charge in [0.2, 0.25) is 0 Å². The number of hydrogen-bond acceptors (Lipinski definition) is 3. The number of rotatable bonds is 0. The average Bonchev–Trinajstić information content (AvgIpc) is 2.36. The van der Waals surface area contributed by atoms with Gasteiger partial charge >= 0.3 is 0 Å². The van der Waals surface area contributed by atoms with Crippen LogP contribution in [0.1, 0.15) is 5.56 Å². The first-order chi connectivity index (χ1) is 5.27. The van der Waals surface area contributed by atoms with E-state index in [0.29, 0.717) is 5.69 Å². The Morgan fingerprint density at radius 3 is 3.09 bits per heavy atom. The van der Waals surface area contributed by atoms with Gasteiger partial charge in [-0.25, -0.2) is 0 Å². The molecule has 0 unspecified atom stereocenters. The lowest BCUT2D eigenvalue weighted by Crippen LogP contribution is -1.90. The molecule has 0 radical (unpaired) electrons. The van der Waals surface area contributed by atoms with Crippen molar-refractivity contribution in [1.29, 1.82) is 0 Å². The third kappa shape index (κ3) is 0.888. The predicted molar refractivity (Wildman–Crippen MR) is 44.7 cm³/mol. The van der Waals surface area contributed by atoms with E-state index in [1.54, 1.807) is 6.07 Å². The molecule has 0 aromatic heterocycles. The summed E-state index contributed by atoms with van der Waals surface area (Å²) in [5.74, 6) is 0.165. The summed E-state index contributed by atoms with van der Waals surface area (Å²) >= 11 is 0. The van der Waals surface area contributed by atoms with Gasteiger partial charge in [-0.2, -0.15) is 0 Å². The van der Waals surface area contributed by atoms with Crippen molar-refractivity contribution in [1.82, 2.24) is 0 Å². The molecular weight excluding hydrogens is 140 g/mol. The first-order valence-electron chi connectivity index (χ1n) is 3.62. The smallest absolute Gasteiger partial charge is 0.140 e. The molecule has 1 aromatic carbocycles. The van der Waals surface area contributed by atoms with Gasteiger partial charge in [0.25, 0.3) is 0 Å². The van der Waals surface area contributed by atoms with Crippen LogP contribution in [0.4, 0.5) is 11.4 Å². The first-order valence-corrected chi connectivity index (χ1v) is 3.62. The molecule has 0 amide bonds. The Balaban J connectivity index is 2.57. The standard InChI is InChI=1S/C8H10N2O/c9-6-3-5-1-2-10-7(5)4-8(6)11/h3-4,10-11H,1-2,9H2. The second-order valence-electron chi connectivity index (χ2n) is 2.74. The number of fused-ring (bicyclic) bond motifs is 1. The van der Waals surface area contributed by atoms with E-state index in [1.807, 2.05) is 6.07 Å². The van der Waals surface area contributed by atoms with Crippen molar-refractivity contribution in [3.05, 3.63) is 17.7 Å². The molecule has 1 aromatic rings. The van der Waals surface area contributed by atoms with Crippen LogP contribution in [0.3, 0.4) is 0 Å². The van der Waals surface area contributed by atoms with E-state index >= 15 is 0 Å². The number of anilines is 2. The SMILES string of the molecule is Nc1cc2c(cc1O)NCC2. The van der Waals surface area contributed by atoms with Crippen molar-refractivity contribution in [3.8, 4) is 5.75 Å². The molecule has 0 saturated heterocycles. The molecule has 58 valence electrons. The number of phenols is 1. The molecule has 0 saturated carbocycles. The van der Waals surface area contributed by atoms with E-state index in [4.69, 9.17) is 5.73 Å². The van der Waals surface area contributed by atoms with Gasteiger partial charge in [0.15, 0.2) is 0 Å². The molecular formula is C8H10N2O. The van der Waals surface area contributed by atoms with Crippen LogP contribution < -0.4 is 11.1 Å². The summed E-state index contributed by atoms with van der Waals surface area (Å²) < 4.78 is 0. The Kier molecular flexibility index (Phi) is 1.18. The third-order valence-electron chi connectivity index (χ3n) is 1.96. The van der Waals surface area contributed by atoms with E-state index in [2.05, 4.69) is 5.32 Å². The quantitative estimate of drug-likeness (QED) is 0.381. The number of phenolic OH excluding ortho intramolecular Hbond substituents is 1. The van der Waals surface area contributed by atoms with Crippen molar-refractivity contribution in [2.75, 3.05) is 17.6 Å². The zero-order valence-electron chi connectivity index (χ0n) is 6.09. The Morgan fingerprint density at radius 2 is 2.27 bits per heavy atom. The maximum Gasteiger partial charge on any atom is 0.140 e. The normalized spacial score (nSPS) is 14.2. The van der Waals surface area contributed by atoms with E-state index < -0.39 is 0 Å². The van der Waals surface area contributed by atoms with Crippen LogP contribution in [0.2, 0.25) is 0 Å². The summed E-state index contributed by atoms with van der Waals surface area (Å²) in [5.41, 5.74) is 8.19. The average molecular weight is 150 g/mol. The van der Waals surface area contributed by atoms with E-state index in [0.717, 1.165) is 18.7 Å². The molecule has 11 heavy (non-hydrogen) atoms. The molecule has 2 rings (SSSR count). The largest absolute Gasteiger partial charge is 0.506 e. The number of benzene rings is 1. The van der Waals surface area contributed by atoms with Gasteiger partial charge in [-0.3, -0.25) is 0 Å². The maximum absolute atomic E-state index is 9.22. The molecule has 0 spiro atoms. The second kappa shape index (κ2) is 2.05. The number of nitrogen functional groups attached to an aromatic ring is 1. The molecule has 4 N–H and O–H groups in total. The Labute approximate surface area is 64.8 Å². The Morgan fingerprint density at radius 1 is 1.45 bits per heavy atom. The van der Waals surface area contributed by atoms with Crippen LogP contribution in [-0.2, 0) is 6.42 Å². The second-order valence-corrected chi connectivity index (χ2v) is 2.74. The highest BCUT2D eigenvalue weighted by Gasteiger charge is 2.11. The predicted octanol–water partition coefficient (Wildman–Crippen LogP) is 0.942. The lowest BCUT2D eigenvalue weighted by Gasteiger charge is -2.02. The molecule has 0 bridgehead atoms. The van der Waals surface area contributed by atoms with Crippen LogP contribution in [0.25, 0.3) is 0 Å². The number of nitrogens with one attached hydrogen (secondary N) is 1. The summed E-state index contributed by atoms with van der Waals surface area (Å²) in [6.45, 7) is 0.943. The Bertz CT molecular complexity index is 267. The fraction of sp³-hybridized carbons (Fsp3) is 0.250. The molecule has 0 aliphatic carbocycles. The number of nitrogens with two attached hydrogens (primary N) is 1. The molecule has 1 aliphatic heterocycles. The number of hydrogen-bond donors (Lipinski definition) is 3. The van der Waals surface area contributed by atoms with Gasteiger partial charge in [-0.1, -0.05) is 0 Å². The van der Waals surface area contributed by atoms with Crippen LogP contribution in [0.15, 0.2) is 12.1 Å². The molecule has 1 heterocycles. The molecule has 1 aliphatic rings.